The molecule has 3 aromatic carbocycles. The molecule has 4 rings (SSSR count). The standard InChI is InChI=1S/C30H32ClN3O3/c1-4-8-22-13-16-27(28(19-22)36-3)37-18-7-17-34-26-10-6-5-9-25(26)33-30(34)21(2)32-29(35)20-23-11-14-24(31)15-12-23/h4-6,8-16,19,21H,7,17-18,20H2,1-3H3,(H,32,35)/b8-4+. The molecule has 1 N–H and O–H groups in total. The third-order valence-corrected chi connectivity index (χ3v) is 6.31. The van der Waals surface area contributed by atoms with Gasteiger partial charge in [-0.05, 0) is 67.8 Å². The van der Waals surface area contributed by atoms with Crippen LogP contribution in [0.1, 0.15) is 43.3 Å². The summed E-state index contributed by atoms with van der Waals surface area (Å²) in [5.41, 5.74) is 3.91. The van der Waals surface area contributed by atoms with Crippen molar-refractivity contribution in [2.75, 3.05) is 13.7 Å². The number of allylic oxidation sites excluding steroid dienone is 1. The van der Waals surface area contributed by atoms with Crippen molar-refractivity contribution < 1.29 is 14.3 Å². The van der Waals surface area contributed by atoms with Gasteiger partial charge in [0.1, 0.15) is 5.82 Å². The number of nitrogens with zero attached hydrogens (tertiary/aromatic N) is 2. The van der Waals surface area contributed by atoms with Gasteiger partial charge in [0.15, 0.2) is 11.5 Å². The number of para-hydroxylation sites is 2. The average Bonchev–Trinajstić information content (AvgIpc) is 3.27. The maximum Gasteiger partial charge on any atom is 0.224 e. The lowest BCUT2D eigenvalue weighted by atomic mass is 10.1. The van der Waals surface area contributed by atoms with Crippen molar-refractivity contribution in [1.29, 1.82) is 0 Å². The fraction of sp³-hybridized carbons (Fsp3) is 0.267. The number of carbonyl (C=O) groups is 1. The van der Waals surface area contributed by atoms with Crippen molar-refractivity contribution >= 4 is 34.6 Å². The minimum Gasteiger partial charge on any atom is -0.493 e. The molecule has 0 spiro atoms. The minimum atomic E-state index is -0.257. The van der Waals surface area contributed by atoms with Gasteiger partial charge in [0.2, 0.25) is 5.91 Å². The van der Waals surface area contributed by atoms with Crippen LogP contribution in [0.5, 0.6) is 11.5 Å². The van der Waals surface area contributed by atoms with E-state index in [4.69, 9.17) is 26.1 Å². The number of amides is 1. The number of nitrogens with one attached hydrogen (secondary N) is 1. The van der Waals surface area contributed by atoms with Gasteiger partial charge in [-0.3, -0.25) is 4.79 Å². The summed E-state index contributed by atoms with van der Waals surface area (Å²) < 4.78 is 13.7. The zero-order valence-electron chi connectivity index (χ0n) is 21.4. The molecule has 0 fully saturated rings. The number of carbonyl (C=O) groups excluding carboxylic acids is 1. The molecule has 0 bridgehead atoms. The van der Waals surface area contributed by atoms with Crippen molar-refractivity contribution in [3.63, 3.8) is 0 Å². The van der Waals surface area contributed by atoms with E-state index in [0.29, 0.717) is 29.7 Å². The molecule has 1 amide bonds. The Labute approximate surface area is 222 Å². The molecular weight excluding hydrogens is 486 g/mol. The number of rotatable bonds is 11. The second-order valence-electron chi connectivity index (χ2n) is 8.82. The van der Waals surface area contributed by atoms with E-state index in [-0.39, 0.29) is 18.4 Å². The van der Waals surface area contributed by atoms with E-state index in [0.717, 1.165) is 34.4 Å². The molecule has 1 aromatic heterocycles. The van der Waals surface area contributed by atoms with Crippen LogP contribution in [0.25, 0.3) is 17.1 Å². The Bertz CT molecular complexity index is 1380. The molecular formula is C30H32ClN3O3. The molecule has 0 aliphatic heterocycles. The van der Waals surface area contributed by atoms with E-state index in [1.54, 1.807) is 19.2 Å². The summed E-state index contributed by atoms with van der Waals surface area (Å²) in [6.45, 7) is 5.16. The van der Waals surface area contributed by atoms with Gasteiger partial charge in [-0.15, -0.1) is 0 Å². The van der Waals surface area contributed by atoms with Crippen LogP contribution in [0, 0.1) is 0 Å². The molecule has 0 aliphatic carbocycles. The largest absolute Gasteiger partial charge is 0.493 e. The summed E-state index contributed by atoms with van der Waals surface area (Å²) >= 11 is 5.96. The van der Waals surface area contributed by atoms with Gasteiger partial charge in [0.25, 0.3) is 0 Å². The second-order valence-corrected chi connectivity index (χ2v) is 9.25. The quantitative estimate of drug-likeness (QED) is 0.227. The second kappa shape index (κ2) is 12.5. The van der Waals surface area contributed by atoms with Gasteiger partial charge < -0.3 is 19.4 Å². The third-order valence-electron chi connectivity index (χ3n) is 6.06. The lowest BCUT2D eigenvalue weighted by Gasteiger charge is -2.17. The normalized spacial score (nSPS) is 12.1. The summed E-state index contributed by atoms with van der Waals surface area (Å²) in [6.07, 6.45) is 5.06. The number of aromatic nitrogens is 2. The van der Waals surface area contributed by atoms with Gasteiger partial charge in [-0.25, -0.2) is 4.98 Å². The first-order chi connectivity index (χ1) is 18.0. The number of benzene rings is 3. The third kappa shape index (κ3) is 6.71. The van der Waals surface area contributed by atoms with Gasteiger partial charge in [0, 0.05) is 11.6 Å². The van der Waals surface area contributed by atoms with Crippen LogP contribution < -0.4 is 14.8 Å². The highest BCUT2D eigenvalue weighted by atomic mass is 35.5. The number of ether oxygens (including phenoxy) is 2. The first kappa shape index (κ1) is 26.3. The number of halogens is 1. The summed E-state index contributed by atoms with van der Waals surface area (Å²) in [5.74, 6) is 2.18. The highest BCUT2D eigenvalue weighted by Gasteiger charge is 2.18. The molecule has 4 aromatic rings. The predicted molar refractivity (Wildman–Crippen MR) is 149 cm³/mol. The summed E-state index contributed by atoms with van der Waals surface area (Å²) in [5, 5.41) is 3.75. The van der Waals surface area contributed by atoms with Crippen LogP contribution in [0.4, 0.5) is 0 Å². The Hall–Kier alpha value is -3.77. The Kier molecular flexibility index (Phi) is 8.86. The van der Waals surface area contributed by atoms with Gasteiger partial charge >= 0.3 is 0 Å². The van der Waals surface area contributed by atoms with Crippen LogP contribution in [-0.2, 0) is 17.8 Å². The summed E-state index contributed by atoms with van der Waals surface area (Å²) in [4.78, 5) is 17.6. The Morgan fingerprint density at radius 2 is 1.89 bits per heavy atom. The van der Waals surface area contributed by atoms with Crippen LogP contribution in [-0.4, -0.2) is 29.2 Å². The molecule has 6 nitrogen and oxygen atoms in total. The number of fused-ring (bicyclic) bond motifs is 1. The van der Waals surface area contributed by atoms with Gasteiger partial charge in [-0.1, -0.05) is 54.1 Å². The molecule has 37 heavy (non-hydrogen) atoms. The Morgan fingerprint density at radius 1 is 1.11 bits per heavy atom. The van der Waals surface area contributed by atoms with Crippen LogP contribution in [0.15, 0.2) is 72.8 Å². The van der Waals surface area contributed by atoms with E-state index in [9.17, 15) is 4.79 Å². The molecule has 0 radical (unpaired) electrons. The van der Waals surface area contributed by atoms with E-state index >= 15 is 0 Å². The van der Waals surface area contributed by atoms with Crippen molar-refractivity contribution in [2.24, 2.45) is 0 Å². The Morgan fingerprint density at radius 3 is 2.65 bits per heavy atom. The van der Waals surface area contributed by atoms with Gasteiger partial charge in [-0.2, -0.15) is 0 Å². The van der Waals surface area contributed by atoms with E-state index < -0.39 is 0 Å². The van der Waals surface area contributed by atoms with Crippen molar-refractivity contribution in [2.45, 2.75) is 39.3 Å². The molecule has 7 heteroatoms. The molecule has 0 saturated heterocycles. The highest BCUT2D eigenvalue weighted by molar-refractivity contribution is 6.30. The maximum absolute atomic E-state index is 12.7. The highest BCUT2D eigenvalue weighted by Crippen LogP contribution is 2.29. The van der Waals surface area contributed by atoms with Crippen LogP contribution >= 0.6 is 11.6 Å². The zero-order valence-corrected chi connectivity index (χ0v) is 22.2. The summed E-state index contributed by atoms with van der Waals surface area (Å²) in [6, 6.07) is 21.0. The molecule has 0 saturated carbocycles. The number of aryl methyl sites for hydroxylation is 1. The van der Waals surface area contributed by atoms with Crippen molar-refractivity contribution in [3.8, 4) is 11.5 Å². The Balaban J connectivity index is 1.43. The fourth-order valence-corrected chi connectivity index (χ4v) is 4.43. The molecule has 1 atom stereocenters. The number of methoxy groups -OCH3 is 1. The van der Waals surface area contributed by atoms with Crippen molar-refractivity contribution in [3.05, 3.63) is 94.8 Å². The smallest absolute Gasteiger partial charge is 0.224 e. The van der Waals surface area contributed by atoms with E-state index in [1.807, 2.05) is 74.5 Å². The monoisotopic (exact) mass is 517 g/mol. The number of hydrogen-bond acceptors (Lipinski definition) is 4. The summed E-state index contributed by atoms with van der Waals surface area (Å²) in [7, 11) is 1.65. The number of hydrogen-bond donors (Lipinski definition) is 1. The molecule has 192 valence electrons. The fourth-order valence-electron chi connectivity index (χ4n) is 4.31. The molecule has 0 aliphatic rings. The first-order valence-electron chi connectivity index (χ1n) is 12.4. The number of imidazole rings is 1. The lowest BCUT2D eigenvalue weighted by molar-refractivity contribution is -0.121. The van der Waals surface area contributed by atoms with Crippen molar-refractivity contribution in [1.82, 2.24) is 14.9 Å². The maximum atomic E-state index is 12.7. The van der Waals surface area contributed by atoms with E-state index in [1.165, 1.54) is 0 Å². The minimum absolute atomic E-state index is 0.0646. The van der Waals surface area contributed by atoms with Crippen LogP contribution in [0.3, 0.4) is 0 Å². The first-order valence-corrected chi connectivity index (χ1v) is 12.8. The lowest BCUT2D eigenvalue weighted by Crippen LogP contribution is -2.30. The predicted octanol–water partition coefficient (Wildman–Crippen LogP) is 6.62. The van der Waals surface area contributed by atoms with E-state index in [2.05, 4.69) is 16.0 Å². The molecule has 1 heterocycles. The SMILES string of the molecule is C/C=C/c1ccc(OCCCn2c(C(C)NC(=O)Cc3ccc(Cl)cc3)nc3ccccc32)c(OC)c1. The van der Waals surface area contributed by atoms with Gasteiger partial charge in [0.05, 0.1) is 37.2 Å². The molecule has 1 unspecified atom stereocenters. The van der Waals surface area contributed by atoms with Crippen LogP contribution in [0.2, 0.25) is 5.02 Å². The zero-order chi connectivity index (χ0) is 26.2. The average molecular weight is 518 g/mol. The topological polar surface area (TPSA) is 65.4 Å².